The third-order valence-corrected chi connectivity index (χ3v) is 17.0. The van der Waals surface area contributed by atoms with Crippen molar-refractivity contribution < 1.29 is 42.1 Å². The molecule has 0 aromatic heterocycles. The fraction of sp³-hybridized carbons (Fsp3) is 0.838. The minimum Gasteiger partial charge on any atom is -0.462 e. The van der Waals surface area contributed by atoms with E-state index < -0.39 is 26.5 Å². The topological polar surface area (TPSA) is 108 Å². The van der Waals surface area contributed by atoms with Crippen molar-refractivity contribution in [3.63, 3.8) is 0 Å². The van der Waals surface area contributed by atoms with E-state index >= 15 is 0 Å². The lowest BCUT2D eigenvalue weighted by atomic mass is 10.0. The predicted octanol–water partition coefficient (Wildman–Crippen LogP) is 23.4. The van der Waals surface area contributed by atoms with Gasteiger partial charge >= 0.3 is 19.8 Å². The molecule has 0 aromatic carbocycles. The van der Waals surface area contributed by atoms with Gasteiger partial charge in [-0.2, -0.15) is 0 Å². The number of nitrogens with zero attached hydrogens (tertiary/aromatic N) is 1. The van der Waals surface area contributed by atoms with Crippen molar-refractivity contribution in [3.05, 3.63) is 60.8 Å². The summed E-state index contributed by atoms with van der Waals surface area (Å²) in [4.78, 5) is 35.9. The van der Waals surface area contributed by atoms with Crippen LogP contribution in [0.1, 0.15) is 348 Å². The molecular formula is C74H139NO8P+. The Morgan fingerprint density at radius 2 is 0.679 bits per heavy atom. The quantitative estimate of drug-likeness (QED) is 0.0211. The van der Waals surface area contributed by atoms with Crippen LogP contribution in [0.2, 0.25) is 0 Å². The average Bonchev–Trinajstić information content (AvgIpc) is 3.61. The number of ether oxygens (including phenoxy) is 2. The summed E-state index contributed by atoms with van der Waals surface area (Å²) in [7, 11) is 1.49. The first-order chi connectivity index (χ1) is 41.0. The van der Waals surface area contributed by atoms with E-state index in [1.54, 1.807) is 0 Å². The van der Waals surface area contributed by atoms with E-state index in [2.05, 4.69) is 74.6 Å². The Bertz CT molecular complexity index is 1600. The van der Waals surface area contributed by atoms with Crippen molar-refractivity contribution in [2.45, 2.75) is 354 Å². The molecule has 0 heterocycles. The zero-order chi connectivity index (χ0) is 61.2. The van der Waals surface area contributed by atoms with Crippen LogP contribution in [0.5, 0.6) is 0 Å². The lowest BCUT2D eigenvalue weighted by Crippen LogP contribution is -2.37. The van der Waals surface area contributed by atoms with Gasteiger partial charge < -0.3 is 18.9 Å². The molecule has 0 rings (SSSR count). The molecule has 2 atom stereocenters. The first kappa shape index (κ1) is 81.7. The normalized spacial score (nSPS) is 13.5. The molecule has 0 amide bonds. The SMILES string of the molecule is CC/C=C\C/C=C\C/C=C\C/C=C\C/C=C\CCCCCCCCCCCCCCCCCC(=O)OC(COC(=O)CCCCCCCCCCCCCCCCCCCCCCCCCCCCCCC)COP(=O)(O)OCC[N+](C)(C)C. The molecule has 492 valence electrons. The van der Waals surface area contributed by atoms with Gasteiger partial charge in [0.1, 0.15) is 19.8 Å². The van der Waals surface area contributed by atoms with E-state index in [4.69, 9.17) is 18.5 Å². The van der Waals surface area contributed by atoms with Crippen LogP contribution in [0.4, 0.5) is 0 Å². The number of rotatable bonds is 67. The van der Waals surface area contributed by atoms with Crippen molar-refractivity contribution >= 4 is 19.8 Å². The average molecular weight is 1200 g/mol. The third-order valence-electron chi connectivity index (χ3n) is 16.1. The minimum absolute atomic E-state index is 0.0328. The van der Waals surface area contributed by atoms with E-state index in [0.717, 1.165) is 64.2 Å². The molecule has 10 heteroatoms. The van der Waals surface area contributed by atoms with Gasteiger partial charge in [0.15, 0.2) is 6.10 Å². The van der Waals surface area contributed by atoms with Crippen LogP contribution >= 0.6 is 7.82 Å². The highest BCUT2D eigenvalue weighted by atomic mass is 31.2. The number of quaternary nitrogens is 1. The lowest BCUT2D eigenvalue weighted by molar-refractivity contribution is -0.870. The maximum atomic E-state index is 12.9. The zero-order valence-corrected chi connectivity index (χ0v) is 57.0. The Morgan fingerprint density at radius 3 is 1.01 bits per heavy atom. The molecule has 0 bridgehead atoms. The molecule has 0 saturated heterocycles. The number of esters is 2. The fourth-order valence-corrected chi connectivity index (χ4v) is 11.3. The molecule has 0 aliphatic carbocycles. The molecule has 0 saturated carbocycles. The van der Waals surface area contributed by atoms with Crippen LogP contribution in [-0.4, -0.2) is 74.9 Å². The van der Waals surface area contributed by atoms with E-state index in [1.165, 1.54) is 250 Å². The van der Waals surface area contributed by atoms with Crippen LogP contribution in [-0.2, 0) is 32.7 Å². The second-order valence-corrected chi connectivity index (χ2v) is 27.1. The van der Waals surface area contributed by atoms with Crippen molar-refractivity contribution in [2.75, 3.05) is 47.5 Å². The molecule has 0 aliphatic rings. The third kappa shape index (κ3) is 68.8. The van der Waals surface area contributed by atoms with E-state index in [-0.39, 0.29) is 25.6 Å². The Labute approximate surface area is 521 Å². The lowest BCUT2D eigenvalue weighted by Gasteiger charge is -2.24. The van der Waals surface area contributed by atoms with Crippen molar-refractivity contribution in [3.8, 4) is 0 Å². The zero-order valence-electron chi connectivity index (χ0n) is 56.1. The first-order valence-electron chi connectivity index (χ1n) is 36.0. The number of unbranched alkanes of at least 4 members (excludes halogenated alkanes) is 43. The summed E-state index contributed by atoms with van der Waals surface area (Å²) in [5, 5.41) is 0. The number of hydrogen-bond donors (Lipinski definition) is 1. The molecule has 9 nitrogen and oxygen atoms in total. The van der Waals surface area contributed by atoms with Gasteiger partial charge in [0.05, 0.1) is 27.7 Å². The maximum absolute atomic E-state index is 12.9. The predicted molar refractivity (Wildman–Crippen MR) is 363 cm³/mol. The number of carbonyl (C=O) groups excluding carboxylic acids is 2. The van der Waals surface area contributed by atoms with Crippen LogP contribution in [0.25, 0.3) is 0 Å². The molecule has 1 N–H and O–H groups in total. The molecule has 0 aromatic rings. The van der Waals surface area contributed by atoms with Crippen molar-refractivity contribution in [1.82, 2.24) is 0 Å². The largest absolute Gasteiger partial charge is 0.472 e. The number of phosphoric acid groups is 1. The molecule has 0 radical (unpaired) electrons. The van der Waals surface area contributed by atoms with Gasteiger partial charge in [0.2, 0.25) is 0 Å². The summed E-state index contributed by atoms with van der Waals surface area (Å²) < 4.78 is 34.8. The number of phosphoric ester groups is 1. The highest BCUT2D eigenvalue weighted by molar-refractivity contribution is 7.47. The number of carbonyl (C=O) groups is 2. The Kier molecular flexibility index (Phi) is 63.4. The standard InChI is InChI=1S/C74H138NO8P/c1-6-8-10-12-14-16-18-20-22-24-26-28-30-32-34-36-37-39-41-43-45-47-49-51-53-55-57-59-61-63-65-67-74(77)83-72(71-82-84(78,79)81-69-68-75(3,4)5)70-80-73(76)66-64-62-60-58-56-54-52-50-48-46-44-42-40-38-35-33-31-29-27-25-23-21-19-17-15-13-11-9-7-2/h8,10,14,16,20,22,26,28,32,34,72H,6-7,9,11-13,15,17-19,21,23-25,27,29-31,33,35-71H2,1-5H3/p+1/b10-8-,16-14-,22-20-,28-26-,34-32-. The van der Waals surface area contributed by atoms with Gasteiger partial charge in [-0.1, -0.05) is 338 Å². The molecule has 0 fully saturated rings. The molecule has 0 spiro atoms. The molecule has 84 heavy (non-hydrogen) atoms. The maximum Gasteiger partial charge on any atom is 0.472 e. The highest BCUT2D eigenvalue weighted by Gasteiger charge is 2.27. The second-order valence-electron chi connectivity index (χ2n) is 25.6. The van der Waals surface area contributed by atoms with Gasteiger partial charge in [-0.3, -0.25) is 18.6 Å². The summed E-state index contributed by atoms with van der Waals surface area (Å²) in [5.41, 5.74) is 0. The summed E-state index contributed by atoms with van der Waals surface area (Å²) in [6.07, 6.45) is 86.2. The monoisotopic (exact) mass is 1200 g/mol. The number of likely N-dealkylation sites (N-methyl/N-ethyl adjacent to an activating group) is 1. The van der Waals surface area contributed by atoms with Gasteiger partial charge in [0.25, 0.3) is 0 Å². The number of hydrogen-bond acceptors (Lipinski definition) is 7. The van der Waals surface area contributed by atoms with Crippen LogP contribution in [0.3, 0.4) is 0 Å². The highest BCUT2D eigenvalue weighted by Crippen LogP contribution is 2.43. The smallest absolute Gasteiger partial charge is 0.462 e. The summed E-state index contributed by atoms with van der Waals surface area (Å²) in [6.45, 7) is 4.38. The van der Waals surface area contributed by atoms with E-state index in [9.17, 15) is 19.0 Å². The van der Waals surface area contributed by atoms with Crippen molar-refractivity contribution in [2.24, 2.45) is 0 Å². The van der Waals surface area contributed by atoms with Gasteiger partial charge in [0, 0.05) is 12.8 Å². The van der Waals surface area contributed by atoms with E-state index in [0.29, 0.717) is 23.9 Å². The van der Waals surface area contributed by atoms with Crippen LogP contribution in [0, 0.1) is 0 Å². The molecule has 0 aliphatic heterocycles. The van der Waals surface area contributed by atoms with E-state index in [1.807, 2.05) is 21.1 Å². The molecule has 2 unspecified atom stereocenters. The minimum atomic E-state index is -4.39. The summed E-state index contributed by atoms with van der Waals surface area (Å²) >= 11 is 0. The summed E-state index contributed by atoms with van der Waals surface area (Å²) in [6, 6.07) is 0. The Hall–Kier alpha value is -2.29. The first-order valence-corrected chi connectivity index (χ1v) is 37.5. The van der Waals surface area contributed by atoms with Gasteiger partial charge in [-0.05, 0) is 57.8 Å². The fourth-order valence-electron chi connectivity index (χ4n) is 10.6. The van der Waals surface area contributed by atoms with Crippen molar-refractivity contribution in [1.29, 1.82) is 0 Å². The van der Waals surface area contributed by atoms with Crippen LogP contribution in [0.15, 0.2) is 60.8 Å². The number of allylic oxidation sites excluding steroid dienone is 10. The van der Waals surface area contributed by atoms with Crippen LogP contribution < -0.4 is 0 Å². The van der Waals surface area contributed by atoms with Gasteiger partial charge in [-0.15, -0.1) is 0 Å². The summed E-state index contributed by atoms with van der Waals surface area (Å²) in [5.74, 6) is -0.780. The second kappa shape index (κ2) is 65.2. The molecular weight excluding hydrogens is 1060 g/mol. The van der Waals surface area contributed by atoms with Gasteiger partial charge in [-0.25, -0.2) is 4.57 Å². The Balaban J connectivity index is 4.00. The Morgan fingerprint density at radius 1 is 0.381 bits per heavy atom.